The van der Waals surface area contributed by atoms with Crippen LogP contribution >= 0.6 is 11.6 Å². The summed E-state index contributed by atoms with van der Waals surface area (Å²) >= 11 is 5.95. The first-order chi connectivity index (χ1) is 12.0. The molecule has 25 heavy (non-hydrogen) atoms. The van der Waals surface area contributed by atoms with Crippen LogP contribution in [0.25, 0.3) is 11.2 Å². The van der Waals surface area contributed by atoms with Gasteiger partial charge in [-0.1, -0.05) is 23.7 Å². The summed E-state index contributed by atoms with van der Waals surface area (Å²) in [6.45, 7) is 0.480. The van der Waals surface area contributed by atoms with E-state index in [9.17, 15) is 4.79 Å². The van der Waals surface area contributed by atoms with Crippen LogP contribution in [-0.4, -0.2) is 46.0 Å². The molecule has 0 aliphatic carbocycles. The second-order valence-electron chi connectivity index (χ2n) is 6.16. The number of carbonyl (C=O) groups is 1. The summed E-state index contributed by atoms with van der Waals surface area (Å²) < 4.78 is 1.82. The number of aromatic nitrogens is 3. The van der Waals surface area contributed by atoms with Crippen molar-refractivity contribution in [1.29, 1.82) is 0 Å². The number of imidazole rings is 1. The molecule has 1 N–H and O–H groups in total. The molecule has 0 spiro atoms. The molecule has 0 aliphatic heterocycles. The predicted octanol–water partition coefficient (Wildman–Crippen LogP) is 2.65. The maximum absolute atomic E-state index is 12.5. The summed E-state index contributed by atoms with van der Waals surface area (Å²) in [7, 11) is 5.83. The molecule has 7 heteroatoms. The van der Waals surface area contributed by atoms with Crippen molar-refractivity contribution < 1.29 is 4.79 Å². The van der Waals surface area contributed by atoms with Crippen LogP contribution in [0.15, 0.2) is 42.9 Å². The maximum atomic E-state index is 12.5. The summed E-state index contributed by atoms with van der Waals surface area (Å²) in [4.78, 5) is 23.1. The van der Waals surface area contributed by atoms with E-state index in [0.29, 0.717) is 22.6 Å². The Morgan fingerprint density at radius 3 is 2.68 bits per heavy atom. The van der Waals surface area contributed by atoms with Crippen LogP contribution in [0.4, 0.5) is 0 Å². The molecule has 0 bridgehead atoms. The Morgan fingerprint density at radius 2 is 2.00 bits per heavy atom. The van der Waals surface area contributed by atoms with Crippen LogP contribution < -0.4 is 5.32 Å². The molecule has 1 amide bonds. The van der Waals surface area contributed by atoms with Gasteiger partial charge in [-0.25, -0.2) is 9.97 Å². The molecule has 2 heterocycles. The number of hydrogen-bond donors (Lipinski definition) is 1. The van der Waals surface area contributed by atoms with Crippen molar-refractivity contribution in [2.45, 2.75) is 6.04 Å². The van der Waals surface area contributed by atoms with E-state index in [1.54, 1.807) is 18.6 Å². The molecule has 3 aromatic rings. The van der Waals surface area contributed by atoms with Crippen molar-refractivity contribution >= 4 is 28.7 Å². The van der Waals surface area contributed by atoms with Crippen molar-refractivity contribution in [3.05, 3.63) is 59.0 Å². The standard InChI is InChI=1S/C18H20ClN5O/c1-23(2)16(12-4-6-14(19)7-5-12)10-21-18(25)13-8-15-17(20-9-13)24(3)11-22-15/h4-9,11,16H,10H2,1-3H3,(H,21,25). The summed E-state index contributed by atoms with van der Waals surface area (Å²) in [6.07, 6.45) is 3.26. The number of nitrogens with zero attached hydrogens (tertiary/aromatic N) is 4. The number of halogens is 1. The Hall–Kier alpha value is -2.44. The Morgan fingerprint density at radius 1 is 1.28 bits per heavy atom. The quantitative estimate of drug-likeness (QED) is 0.762. The van der Waals surface area contributed by atoms with E-state index in [2.05, 4.69) is 20.2 Å². The van der Waals surface area contributed by atoms with Crippen molar-refractivity contribution in [2.24, 2.45) is 7.05 Å². The maximum Gasteiger partial charge on any atom is 0.252 e. The van der Waals surface area contributed by atoms with Gasteiger partial charge in [-0.15, -0.1) is 0 Å². The van der Waals surface area contributed by atoms with Gasteiger partial charge in [0.2, 0.25) is 0 Å². The molecular weight excluding hydrogens is 338 g/mol. The van der Waals surface area contributed by atoms with E-state index in [-0.39, 0.29) is 11.9 Å². The minimum Gasteiger partial charge on any atom is -0.350 e. The van der Waals surface area contributed by atoms with Crippen LogP contribution in [0.3, 0.4) is 0 Å². The first-order valence-electron chi connectivity index (χ1n) is 7.93. The lowest BCUT2D eigenvalue weighted by molar-refractivity contribution is 0.0941. The van der Waals surface area contributed by atoms with Crippen LogP contribution in [-0.2, 0) is 7.05 Å². The zero-order valence-corrected chi connectivity index (χ0v) is 15.2. The third kappa shape index (κ3) is 3.81. The van der Waals surface area contributed by atoms with E-state index in [4.69, 9.17) is 11.6 Å². The molecule has 1 unspecified atom stereocenters. The van der Waals surface area contributed by atoms with Gasteiger partial charge in [-0.3, -0.25) is 4.79 Å². The van der Waals surface area contributed by atoms with Crippen molar-refractivity contribution in [1.82, 2.24) is 24.8 Å². The van der Waals surface area contributed by atoms with Gasteiger partial charge in [-0.2, -0.15) is 0 Å². The number of benzene rings is 1. The third-order valence-corrected chi connectivity index (χ3v) is 4.40. The highest BCUT2D eigenvalue weighted by molar-refractivity contribution is 6.30. The zero-order valence-electron chi connectivity index (χ0n) is 14.4. The second-order valence-corrected chi connectivity index (χ2v) is 6.60. The Balaban J connectivity index is 1.73. The molecule has 6 nitrogen and oxygen atoms in total. The average Bonchev–Trinajstić information content (AvgIpc) is 2.97. The zero-order chi connectivity index (χ0) is 18.0. The monoisotopic (exact) mass is 357 g/mol. The molecule has 130 valence electrons. The Labute approximate surface area is 151 Å². The van der Waals surface area contributed by atoms with Gasteiger partial charge < -0.3 is 14.8 Å². The molecule has 3 rings (SSSR count). The highest BCUT2D eigenvalue weighted by Gasteiger charge is 2.16. The number of nitrogens with one attached hydrogen (secondary N) is 1. The first-order valence-corrected chi connectivity index (χ1v) is 8.30. The second kappa shape index (κ2) is 7.21. The van der Waals surface area contributed by atoms with E-state index >= 15 is 0 Å². The number of hydrogen-bond acceptors (Lipinski definition) is 4. The smallest absolute Gasteiger partial charge is 0.252 e. The third-order valence-electron chi connectivity index (χ3n) is 4.15. The Bertz CT molecular complexity index is 888. The molecule has 2 aromatic heterocycles. The SMILES string of the molecule is CN(C)C(CNC(=O)c1cnc2c(c1)ncn2C)c1ccc(Cl)cc1. The lowest BCUT2D eigenvalue weighted by atomic mass is 10.1. The first kappa shape index (κ1) is 17.4. The highest BCUT2D eigenvalue weighted by Crippen LogP contribution is 2.20. The number of carbonyl (C=O) groups excluding carboxylic acids is 1. The molecule has 0 aliphatic rings. The molecular formula is C18H20ClN5O. The fourth-order valence-corrected chi connectivity index (χ4v) is 2.84. The number of rotatable bonds is 5. The van der Waals surface area contributed by atoms with E-state index in [1.165, 1.54) is 0 Å². The summed E-state index contributed by atoms with van der Waals surface area (Å²) in [5.74, 6) is -0.166. The summed E-state index contributed by atoms with van der Waals surface area (Å²) in [5, 5.41) is 3.67. The molecule has 0 saturated heterocycles. The fraction of sp³-hybridized carbons (Fsp3) is 0.278. The minimum atomic E-state index is -0.166. The van der Waals surface area contributed by atoms with Crippen LogP contribution in [0, 0.1) is 0 Å². The number of fused-ring (bicyclic) bond motifs is 1. The van der Waals surface area contributed by atoms with Gasteiger partial charge >= 0.3 is 0 Å². The lowest BCUT2D eigenvalue weighted by Crippen LogP contribution is -2.34. The van der Waals surface area contributed by atoms with Crippen molar-refractivity contribution in [3.8, 4) is 0 Å². The molecule has 0 radical (unpaired) electrons. The van der Waals surface area contributed by atoms with E-state index in [0.717, 1.165) is 11.2 Å². The number of aryl methyl sites for hydroxylation is 1. The lowest BCUT2D eigenvalue weighted by Gasteiger charge is -2.25. The fourth-order valence-electron chi connectivity index (χ4n) is 2.72. The number of pyridine rings is 1. The van der Waals surface area contributed by atoms with Gasteiger partial charge in [0, 0.05) is 24.8 Å². The largest absolute Gasteiger partial charge is 0.350 e. The van der Waals surface area contributed by atoms with Gasteiger partial charge in [0.1, 0.15) is 5.52 Å². The molecule has 0 saturated carbocycles. The summed E-state index contributed by atoms with van der Waals surface area (Å²) in [6, 6.07) is 9.46. The van der Waals surface area contributed by atoms with Crippen LogP contribution in [0.1, 0.15) is 22.0 Å². The van der Waals surface area contributed by atoms with Gasteiger partial charge in [0.05, 0.1) is 17.9 Å². The van der Waals surface area contributed by atoms with E-state index in [1.807, 2.05) is 50.0 Å². The molecule has 1 aromatic carbocycles. The van der Waals surface area contributed by atoms with Crippen molar-refractivity contribution in [3.63, 3.8) is 0 Å². The van der Waals surface area contributed by atoms with Crippen LogP contribution in [0.2, 0.25) is 5.02 Å². The minimum absolute atomic E-state index is 0.0488. The predicted molar refractivity (Wildman–Crippen MR) is 98.7 cm³/mol. The summed E-state index contributed by atoms with van der Waals surface area (Å²) in [5.41, 5.74) is 3.05. The Kier molecular flexibility index (Phi) is 5.01. The van der Waals surface area contributed by atoms with Crippen LogP contribution in [0.5, 0.6) is 0 Å². The number of likely N-dealkylation sites (N-methyl/N-ethyl adjacent to an activating group) is 1. The van der Waals surface area contributed by atoms with Crippen molar-refractivity contribution in [2.75, 3.05) is 20.6 Å². The van der Waals surface area contributed by atoms with Gasteiger partial charge in [0.15, 0.2) is 5.65 Å². The average molecular weight is 358 g/mol. The van der Waals surface area contributed by atoms with Gasteiger partial charge in [0.25, 0.3) is 5.91 Å². The van der Waals surface area contributed by atoms with E-state index < -0.39 is 0 Å². The normalized spacial score (nSPS) is 12.5. The topological polar surface area (TPSA) is 63.1 Å². The molecule has 0 fully saturated rings. The van der Waals surface area contributed by atoms with Gasteiger partial charge in [-0.05, 0) is 37.9 Å². The molecule has 1 atom stereocenters. The highest BCUT2D eigenvalue weighted by atomic mass is 35.5. The number of amides is 1.